The number of hydrogen-bond donors (Lipinski definition) is 1. The first-order chi connectivity index (χ1) is 6.22. The van der Waals surface area contributed by atoms with E-state index in [0.29, 0.717) is 19.6 Å². The van der Waals surface area contributed by atoms with Gasteiger partial charge in [0.25, 0.3) is 0 Å². The van der Waals surface area contributed by atoms with Gasteiger partial charge >= 0.3 is 5.97 Å². The molecule has 13 heavy (non-hydrogen) atoms. The molecule has 4 heteroatoms. The van der Waals surface area contributed by atoms with E-state index >= 15 is 0 Å². The Balaban J connectivity index is 3.38. The molecule has 0 saturated heterocycles. The molecule has 0 aliphatic carbocycles. The first-order valence-corrected chi connectivity index (χ1v) is 4.63. The molecule has 4 nitrogen and oxygen atoms in total. The van der Waals surface area contributed by atoms with Crippen LogP contribution in [-0.4, -0.2) is 32.3 Å². The Morgan fingerprint density at radius 3 is 2.69 bits per heavy atom. The molecule has 0 aromatic carbocycles. The fourth-order valence-corrected chi connectivity index (χ4v) is 0.912. The number of ether oxygens (including phenoxy) is 2. The highest BCUT2D eigenvalue weighted by atomic mass is 16.5. The van der Waals surface area contributed by atoms with Crippen LogP contribution in [0.3, 0.4) is 0 Å². The van der Waals surface area contributed by atoms with Gasteiger partial charge in [0.1, 0.15) is 6.04 Å². The van der Waals surface area contributed by atoms with Gasteiger partial charge in [-0.2, -0.15) is 0 Å². The van der Waals surface area contributed by atoms with Crippen molar-refractivity contribution >= 4 is 5.97 Å². The molecule has 0 amide bonds. The minimum absolute atomic E-state index is 0.307. The van der Waals surface area contributed by atoms with Crippen molar-refractivity contribution < 1.29 is 14.3 Å². The molecular weight excluding hydrogens is 170 g/mol. The topological polar surface area (TPSA) is 61.6 Å². The van der Waals surface area contributed by atoms with Crippen molar-refractivity contribution in [3.8, 4) is 0 Å². The van der Waals surface area contributed by atoms with E-state index in [1.54, 1.807) is 7.11 Å². The third-order valence-electron chi connectivity index (χ3n) is 1.64. The summed E-state index contributed by atoms with van der Waals surface area (Å²) in [5.74, 6) is -0.307. The van der Waals surface area contributed by atoms with Gasteiger partial charge in [0.2, 0.25) is 0 Å². The minimum atomic E-state index is -0.465. The molecular formula is C9H19NO3. The fraction of sp³-hybridized carbons (Fsp3) is 0.889. The number of nitrogens with two attached hydrogens (primary N) is 1. The lowest BCUT2D eigenvalue weighted by molar-refractivity contribution is -0.145. The van der Waals surface area contributed by atoms with E-state index in [4.69, 9.17) is 15.2 Å². The molecule has 0 rings (SSSR count). The van der Waals surface area contributed by atoms with Crippen LogP contribution in [0.1, 0.15) is 26.2 Å². The smallest absolute Gasteiger partial charge is 0.322 e. The molecule has 0 heterocycles. The van der Waals surface area contributed by atoms with E-state index < -0.39 is 6.04 Å². The van der Waals surface area contributed by atoms with E-state index in [1.165, 1.54) is 0 Å². The molecule has 2 N–H and O–H groups in total. The predicted octanol–water partition coefficient (Wildman–Crippen LogP) is 0.694. The Labute approximate surface area is 79.4 Å². The van der Waals surface area contributed by atoms with Gasteiger partial charge in [-0.3, -0.25) is 4.79 Å². The Bertz CT molecular complexity index is 139. The molecule has 78 valence electrons. The molecule has 0 spiro atoms. The van der Waals surface area contributed by atoms with E-state index in [-0.39, 0.29) is 5.97 Å². The van der Waals surface area contributed by atoms with Crippen LogP contribution in [0, 0.1) is 0 Å². The summed E-state index contributed by atoms with van der Waals surface area (Å²) in [5.41, 5.74) is 5.54. The zero-order chi connectivity index (χ0) is 10.1. The number of carbonyl (C=O) groups is 1. The van der Waals surface area contributed by atoms with Gasteiger partial charge in [0, 0.05) is 20.1 Å². The van der Waals surface area contributed by atoms with Crippen molar-refractivity contribution in [2.24, 2.45) is 5.73 Å². The second-order valence-corrected chi connectivity index (χ2v) is 2.91. The Kier molecular flexibility index (Phi) is 7.63. The Morgan fingerprint density at radius 2 is 2.15 bits per heavy atom. The molecule has 0 aliphatic heterocycles. The molecule has 0 aromatic heterocycles. The first kappa shape index (κ1) is 12.4. The van der Waals surface area contributed by atoms with E-state index in [1.807, 2.05) is 6.92 Å². The van der Waals surface area contributed by atoms with Gasteiger partial charge in [-0.05, 0) is 6.42 Å². The highest BCUT2D eigenvalue weighted by Crippen LogP contribution is 1.96. The van der Waals surface area contributed by atoms with E-state index in [9.17, 15) is 4.79 Å². The fourth-order valence-electron chi connectivity index (χ4n) is 0.912. The number of rotatable bonds is 7. The lowest BCUT2D eigenvalue weighted by Gasteiger charge is -2.09. The second kappa shape index (κ2) is 8.01. The first-order valence-electron chi connectivity index (χ1n) is 4.63. The average Bonchev–Trinajstić information content (AvgIpc) is 2.12. The van der Waals surface area contributed by atoms with Crippen molar-refractivity contribution in [3.63, 3.8) is 0 Å². The summed E-state index contributed by atoms with van der Waals surface area (Å²) in [5, 5.41) is 0. The summed E-state index contributed by atoms with van der Waals surface area (Å²) in [7, 11) is 1.62. The molecule has 0 aromatic rings. The van der Waals surface area contributed by atoms with Crippen LogP contribution in [0.2, 0.25) is 0 Å². The van der Waals surface area contributed by atoms with Crippen molar-refractivity contribution in [1.29, 1.82) is 0 Å². The minimum Gasteiger partial charge on any atom is -0.464 e. The van der Waals surface area contributed by atoms with Crippen LogP contribution in [0.5, 0.6) is 0 Å². The third-order valence-corrected chi connectivity index (χ3v) is 1.64. The number of carbonyl (C=O) groups excluding carboxylic acids is 1. The lowest BCUT2D eigenvalue weighted by atomic mass is 10.2. The van der Waals surface area contributed by atoms with Crippen LogP contribution in [0.15, 0.2) is 0 Å². The van der Waals surface area contributed by atoms with Crippen LogP contribution in [0.4, 0.5) is 0 Å². The normalized spacial score (nSPS) is 12.5. The quantitative estimate of drug-likeness (QED) is 0.473. The van der Waals surface area contributed by atoms with Crippen molar-refractivity contribution in [2.75, 3.05) is 20.3 Å². The summed E-state index contributed by atoms with van der Waals surface area (Å²) >= 11 is 0. The summed E-state index contributed by atoms with van der Waals surface area (Å²) in [6.07, 6.45) is 2.30. The third kappa shape index (κ3) is 6.54. The average molecular weight is 189 g/mol. The molecule has 1 atom stereocenters. The molecule has 0 radical (unpaired) electrons. The molecule has 0 bridgehead atoms. The largest absolute Gasteiger partial charge is 0.464 e. The second-order valence-electron chi connectivity index (χ2n) is 2.91. The molecule has 0 aliphatic rings. The van der Waals surface area contributed by atoms with Crippen molar-refractivity contribution in [3.05, 3.63) is 0 Å². The zero-order valence-corrected chi connectivity index (χ0v) is 8.41. The Hall–Kier alpha value is -0.610. The van der Waals surface area contributed by atoms with Gasteiger partial charge in [-0.1, -0.05) is 13.3 Å². The molecule has 0 fully saturated rings. The van der Waals surface area contributed by atoms with Gasteiger partial charge in [-0.15, -0.1) is 0 Å². The van der Waals surface area contributed by atoms with E-state index in [2.05, 4.69) is 0 Å². The highest BCUT2D eigenvalue weighted by Gasteiger charge is 2.12. The Morgan fingerprint density at radius 1 is 1.46 bits per heavy atom. The monoisotopic (exact) mass is 189 g/mol. The summed E-state index contributed by atoms with van der Waals surface area (Å²) in [6, 6.07) is -0.465. The predicted molar refractivity (Wildman–Crippen MR) is 50.3 cm³/mol. The van der Waals surface area contributed by atoms with Gasteiger partial charge in [0.15, 0.2) is 0 Å². The van der Waals surface area contributed by atoms with Crippen LogP contribution in [-0.2, 0) is 14.3 Å². The molecule has 0 unspecified atom stereocenters. The van der Waals surface area contributed by atoms with Crippen molar-refractivity contribution in [2.45, 2.75) is 32.2 Å². The van der Waals surface area contributed by atoms with Gasteiger partial charge < -0.3 is 15.2 Å². The maximum absolute atomic E-state index is 11.1. The number of esters is 1. The number of hydrogen-bond acceptors (Lipinski definition) is 4. The van der Waals surface area contributed by atoms with Crippen LogP contribution < -0.4 is 5.73 Å². The SMILES string of the molecule is CCC[C@@H](N)C(=O)OCCCOC. The summed E-state index contributed by atoms with van der Waals surface area (Å²) in [4.78, 5) is 11.1. The maximum Gasteiger partial charge on any atom is 0.322 e. The zero-order valence-electron chi connectivity index (χ0n) is 8.41. The van der Waals surface area contributed by atoms with Crippen molar-refractivity contribution in [1.82, 2.24) is 0 Å². The standard InChI is InChI=1S/C9H19NO3/c1-3-5-8(10)9(11)13-7-4-6-12-2/h8H,3-7,10H2,1-2H3/t8-/m1/s1. The lowest BCUT2D eigenvalue weighted by Crippen LogP contribution is -2.32. The van der Waals surface area contributed by atoms with Gasteiger partial charge in [0.05, 0.1) is 6.61 Å². The van der Waals surface area contributed by atoms with Crippen LogP contribution >= 0.6 is 0 Å². The summed E-state index contributed by atoms with van der Waals surface area (Å²) in [6.45, 7) is 2.98. The van der Waals surface area contributed by atoms with Gasteiger partial charge in [-0.25, -0.2) is 0 Å². The highest BCUT2D eigenvalue weighted by molar-refractivity contribution is 5.75. The summed E-state index contributed by atoms with van der Waals surface area (Å²) < 4.78 is 9.72. The maximum atomic E-state index is 11.1. The van der Waals surface area contributed by atoms with E-state index in [0.717, 1.165) is 12.8 Å². The molecule has 0 saturated carbocycles. The van der Waals surface area contributed by atoms with Crippen LogP contribution in [0.25, 0.3) is 0 Å². The number of methoxy groups -OCH3 is 1.